The smallest absolute Gasteiger partial charge is 0.127 e. The molecule has 2 fully saturated rings. The van der Waals surface area contributed by atoms with E-state index in [1.165, 1.54) is 37.9 Å². The lowest BCUT2D eigenvalue weighted by molar-refractivity contribution is 0.163. The lowest BCUT2D eigenvalue weighted by atomic mass is 9.88. The molecule has 5 heteroatoms. The topological polar surface area (TPSA) is 33.7 Å². The summed E-state index contributed by atoms with van der Waals surface area (Å²) in [4.78, 5) is 2.65. The van der Waals surface area contributed by atoms with Gasteiger partial charge < -0.3 is 14.8 Å². The van der Waals surface area contributed by atoms with E-state index in [2.05, 4.69) is 23.2 Å². The maximum Gasteiger partial charge on any atom is 0.127 e. The van der Waals surface area contributed by atoms with E-state index in [9.17, 15) is 0 Å². The predicted octanol–water partition coefficient (Wildman–Crippen LogP) is 3.26. The second-order valence-electron chi connectivity index (χ2n) is 6.97. The Kier molecular flexibility index (Phi) is 6.18. The molecule has 0 saturated carbocycles. The van der Waals surface area contributed by atoms with Crippen molar-refractivity contribution in [1.82, 2.24) is 10.2 Å². The number of benzene rings is 1. The molecule has 2 aliphatic rings. The third-order valence-electron chi connectivity index (χ3n) is 5.21. The fourth-order valence-electron chi connectivity index (χ4n) is 3.96. The van der Waals surface area contributed by atoms with Crippen molar-refractivity contribution >= 4 is 12.4 Å². The maximum atomic E-state index is 5.62. The van der Waals surface area contributed by atoms with Crippen LogP contribution in [0.4, 0.5) is 0 Å². The summed E-state index contributed by atoms with van der Waals surface area (Å²) in [6.45, 7) is 7.06. The second kappa shape index (κ2) is 7.73. The molecular weight excluding hydrogens is 312 g/mol. The van der Waals surface area contributed by atoms with Crippen molar-refractivity contribution in [3.8, 4) is 11.5 Å². The molecule has 3 rings (SSSR count). The van der Waals surface area contributed by atoms with Crippen molar-refractivity contribution in [2.75, 3.05) is 40.4 Å². The van der Waals surface area contributed by atoms with Crippen LogP contribution in [0.3, 0.4) is 0 Å². The largest absolute Gasteiger partial charge is 0.497 e. The van der Waals surface area contributed by atoms with Gasteiger partial charge in [0.1, 0.15) is 11.5 Å². The van der Waals surface area contributed by atoms with Crippen LogP contribution in [0.25, 0.3) is 0 Å². The molecule has 0 aromatic heterocycles. The summed E-state index contributed by atoms with van der Waals surface area (Å²) < 4.78 is 10.9. The number of halogens is 1. The quantitative estimate of drug-likeness (QED) is 0.892. The van der Waals surface area contributed by atoms with E-state index in [0.717, 1.165) is 24.6 Å². The molecule has 23 heavy (non-hydrogen) atoms. The molecule has 0 amide bonds. The van der Waals surface area contributed by atoms with Gasteiger partial charge in [0, 0.05) is 30.8 Å². The highest BCUT2D eigenvalue weighted by Gasteiger charge is 2.36. The average Bonchev–Trinajstić information content (AvgIpc) is 3.16. The van der Waals surface area contributed by atoms with E-state index >= 15 is 0 Å². The molecule has 4 nitrogen and oxygen atoms in total. The molecule has 0 aliphatic carbocycles. The number of likely N-dealkylation sites (tertiary alicyclic amines) is 1. The highest BCUT2D eigenvalue weighted by Crippen LogP contribution is 2.40. The van der Waals surface area contributed by atoms with E-state index < -0.39 is 0 Å². The molecule has 130 valence electrons. The lowest BCUT2D eigenvalue weighted by Crippen LogP contribution is -2.37. The van der Waals surface area contributed by atoms with E-state index in [1.54, 1.807) is 14.2 Å². The second-order valence-corrected chi connectivity index (χ2v) is 6.97. The Morgan fingerprint density at radius 3 is 2.78 bits per heavy atom. The molecule has 2 atom stereocenters. The first kappa shape index (κ1) is 18.4. The molecule has 1 N–H and O–H groups in total. The van der Waals surface area contributed by atoms with Crippen LogP contribution in [0.15, 0.2) is 18.2 Å². The van der Waals surface area contributed by atoms with Crippen LogP contribution in [0.2, 0.25) is 0 Å². The summed E-state index contributed by atoms with van der Waals surface area (Å²) in [5.74, 6) is 1.81. The Morgan fingerprint density at radius 1 is 1.30 bits per heavy atom. The van der Waals surface area contributed by atoms with E-state index in [4.69, 9.17) is 9.47 Å². The minimum absolute atomic E-state index is 0. The molecular formula is C18H29ClN2O2. The minimum Gasteiger partial charge on any atom is -0.497 e. The maximum absolute atomic E-state index is 5.62. The van der Waals surface area contributed by atoms with Crippen molar-refractivity contribution in [2.24, 2.45) is 5.41 Å². The SMILES string of the molecule is COc1ccc(C2CCCN2CC2(C)CCNC2)c(OC)c1.Cl. The number of nitrogens with one attached hydrogen (secondary N) is 1. The van der Waals surface area contributed by atoms with Gasteiger partial charge in [-0.25, -0.2) is 0 Å². The summed E-state index contributed by atoms with van der Waals surface area (Å²) in [6.07, 6.45) is 3.76. The van der Waals surface area contributed by atoms with Crippen LogP contribution in [0.1, 0.15) is 37.8 Å². The summed E-state index contributed by atoms with van der Waals surface area (Å²) in [7, 11) is 3.45. The van der Waals surface area contributed by atoms with Gasteiger partial charge >= 0.3 is 0 Å². The Labute approximate surface area is 145 Å². The normalized spacial score (nSPS) is 27.7. The first-order chi connectivity index (χ1) is 10.6. The molecule has 2 saturated heterocycles. The zero-order chi connectivity index (χ0) is 15.6. The van der Waals surface area contributed by atoms with Crippen molar-refractivity contribution < 1.29 is 9.47 Å². The van der Waals surface area contributed by atoms with Gasteiger partial charge in [0.25, 0.3) is 0 Å². The number of methoxy groups -OCH3 is 2. The minimum atomic E-state index is 0. The summed E-state index contributed by atoms with van der Waals surface area (Å²) in [5, 5.41) is 3.51. The third-order valence-corrected chi connectivity index (χ3v) is 5.21. The number of nitrogens with zero attached hydrogens (tertiary/aromatic N) is 1. The van der Waals surface area contributed by atoms with Crippen LogP contribution in [0, 0.1) is 5.41 Å². The van der Waals surface area contributed by atoms with Crippen molar-refractivity contribution in [1.29, 1.82) is 0 Å². The molecule has 0 spiro atoms. The molecule has 2 heterocycles. The third kappa shape index (κ3) is 3.93. The first-order valence-electron chi connectivity index (χ1n) is 8.32. The van der Waals surface area contributed by atoms with Crippen molar-refractivity contribution in [2.45, 2.75) is 32.2 Å². The number of hydrogen-bond acceptors (Lipinski definition) is 4. The zero-order valence-electron chi connectivity index (χ0n) is 14.4. The highest BCUT2D eigenvalue weighted by molar-refractivity contribution is 5.85. The summed E-state index contributed by atoms with van der Waals surface area (Å²) in [6, 6.07) is 6.70. The summed E-state index contributed by atoms with van der Waals surface area (Å²) in [5.41, 5.74) is 1.71. The monoisotopic (exact) mass is 340 g/mol. The molecule has 1 aromatic rings. The van der Waals surface area contributed by atoms with Gasteiger partial charge in [-0.2, -0.15) is 0 Å². The number of rotatable bonds is 5. The number of ether oxygens (including phenoxy) is 2. The molecule has 0 radical (unpaired) electrons. The van der Waals surface area contributed by atoms with Gasteiger partial charge in [-0.15, -0.1) is 12.4 Å². The molecule has 2 unspecified atom stereocenters. The van der Waals surface area contributed by atoms with Crippen LogP contribution in [0.5, 0.6) is 11.5 Å². The van der Waals surface area contributed by atoms with E-state index in [0.29, 0.717) is 11.5 Å². The Morgan fingerprint density at radius 2 is 2.13 bits per heavy atom. The van der Waals surface area contributed by atoms with Crippen LogP contribution in [-0.2, 0) is 0 Å². The van der Waals surface area contributed by atoms with E-state index in [1.807, 2.05) is 12.1 Å². The average molecular weight is 341 g/mol. The Bertz CT molecular complexity index is 518. The van der Waals surface area contributed by atoms with Gasteiger partial charge in [0.2, 0.25) is 0 Å². The van der Waals surface area contributed by atoms with Crippen molar-refractivity contribution in [3.05, 3.63) is 23.8 Å². The lowest BCUT2D eigenvalue weighted by Gasteiger charge is -2.33. The predicted molar refractivity (Wildman–Crippen MR) is 95.9 cm³/mol. The van der Waals surface area contributed by atoms with Crippen LogP contribution in [-0.4, -0.2) is 45.3 Å². The molecule has 1 aromatic carbocycles. The summed E-state index contributed by atoms with van der Waals surface area (Å²) >= 11 is 0. The van der Waals surface area contributed by atoms with Gasteiger partial charge in [0.05, 0.1) is 14.2 Å². The Hall–Kier alpha value is -0.970. The fraction of sp³-hybridized carbons (Fsp3) is 0.667. The van der Waals surface area contributed by atoms with E-state index in [-0.39, 0.29) is 12.4 Å². The highest BCUT2D eigenvalue weighted by atomic mass is 35.5. The van der Waals surface area contributed by atoms with Crippen molar-refractivity contribution in [3.63, 3.8) is 0 Å². The molecule has 2 aliphatic heterocycles. The van der Waals surface area contributed by atoms with Gasteiger partial charge in [-0.05, 0) is 43.8 Å². The standard InChI is InChI=1S/C18H28N2O2.ClH/c1-18(8-9-19-12-18)13-20-10-4-5-16(20)15-7-6-14(21-2)11-17(15)22-3;/h6-7,11,16,19H,4-5,8-10,12-13H2,1-3H3;1H. The van der Waals surface area contributed by atoms with Crippen LogP contribution < -0.4 is 14.8 Å². The Balaban J connectivity index is 0.00000192. The van der Waals surface area contributed by atoms with Gasteiger partial charge in [0.15, 0.2) is 0 Å². The zero-order valence-corrected chi connectivity index (χ0v) is 15.2. The fourth-order valence-corrected chi connectivity index (χ4v) is 3.96. The van der Waals surface area contributed by atoms with Gasteiger partial charge in [-0.3, -0.25) is 4.90 Å². The number of hydrogen-bond donors (Lipinski definition) is 1. The molecule has 0 bridgehead atoms. The first-order valence-corrected chi connectivity index (χ1v) is 8.32. The van der Waals surface area contributed by atoms with Gasteiger partial charge in [-0.1, -0.05) is 13.0 Å². The van der Waals surface area contributed by atoms with Crippen LogP contribution >= 0.6 is 12.4 Å².